The topological polar surface area (TPSA) is 301 Å². The average Bonchev–Trinajstić information content (AvgIpc) is 3.48. The van der Waals surface area contributed by atoms with Gasteiger partial charge in [-0.1, -0.05) is 0 Å². The Bertz CT molecular complexity index is 3010. The highest BCUT2D eigenvalue weighted by Crippen LogP contribution is 2.36. The summed E-state index contributed by atoms with van der Waals surface area (Å²) in [6.45, 7) is 1.47. The lowest BCUT2D eigenvalue weighted by molar-refractivity contribution is -0.384. The molecule has 0 saturated carbocycles. The number of methoxy groups -OCH3 is 4. The summed E-state index contributed by atoms with van der Waals surface area (Å²) in [5, 5.41) is 11.5. The third-order valence-electron chi connectivity index (χ3n) is 12.2. The van der Waals surface area contributed by atoms with Crippen LogP contribution in [0.4, 0.5) is 5.69 Å². The summed E-state index contributed by atoms with van der Waals surface area (Å²) in [7, 11) is 5.67. The van der Waals surface area contributed by atoms with Crippen molar-refractivity contribution >= 4 is 47.5 Å². The maximum absolute atomic E-state index is 14.5. The molecule has 5 aromatic carbocycles. The van der Waals surface area contributed by atoms with Crippen molar-refractivity contribution < 1.29 is 110 Å². The van der Waals surface area contributed by atoms with Crippen molar-refractivity contribution in [3.05, 3.63) is 154 Å². The molecule has 2 aliphatic heterocycles. The van der Waals surface area contributed by atoms with Gasteiger partial charge in [0.15, 0.2) is 36.8 Å². The predicted molar refractivity (Wildman–Crippen MR) is 274 cm³/mol. The summed E-state index contributed by atoms with van der Waals surface area (Å²) in [6.07, 6.45) is -17.9. The summed E-state index contributed by atoms with van der Waals surface area (Å²) >= 11 is 0. The van der Waals surface area contributed by atoms with E-state index in [1.54, 1.807) is 0 Å². The highest BCUT2D eigenvalue weighted by Gasteiger charge is 2.56. The van der Waals surface area contributed by atoms with Gasteiger partial charge in [-0.3, -0.25) is 24.5 Å². The molecule has 2 heterocycles. The van der Waals surface area contributed by atoms with E-state index in [0.29, 0.717) is 23.0 Å². The smallest absolute Gasteiger partial charge is 0.338 e. The maximum Gasteiger partial charge on any atom is 0.338 e. The normalized spacial score (nSPS) is 22.0. The predicted octanol–water partition coefficient (Wildman–Crippen LogP) is 5.80. The zero-order valence-corrected chi connectivity index (χ0v) is 44.5. The van der Waals surface area contributed by atoms with Crippen LogP contribution in [0.15, 0.2) is 121 Å². The van der Waals surface area contributed by atoms with Gasteiger partial charge >= 0.3 is 41.8 Å². The standard InChI is InChI=1S/C56H55NO24/c1-30(58)73-45-44(78-56(50(75-32(3)60)47(45)74-31(2)59)76-42-26-16-37(17-27-42)57(65)66)29-72-55-49(81-54(64)36-14-24-41(70-7)25-15-36)48(80-53(63)35-12-22-40(69-6)23-13-35)46(79-52(62)34-10-20-39(68-5)21-11-34)43(77-55)28-71-51(61)33-8-18-38(67-4)19-9-33/h8-27,43-50,55-56H,28-29H2,1-7H3. The fourth-order valence-electron chi connectivity index (χ4n) is 8.33. The molecular weight excluding hydrogens is 1070 g/mol. The van der Waals surface area contributed by atoms with Crippen molar-refractivity contribution in [2.45, 2.75) is 82.2 Å². The van der Waals surface area contributed by atoms with E-state index in [2.05, 4.69) is 0 Å². The van der Waals surface area contributed by atoms with Crippen LogP contribution >= 0.6 is 0 Å². The van der Waals surface area contributed by atoms with Crippen LogP contribution in [0.1, 0.15) is 62.2 Å². The first kappa shape index (κ1) is 59.3. The molecule has 10 atom stereocenters. The van der Waals surface area contributed by atoms with Crippen molar-refractivity contribution in [3.63, 3.8) is 0 Å². The third-order valence-corrected chi connectivity index (χ3v) is 12.2. The van der Waals surface area contributed by atoms with Crippen LogP contribution in [0.3, 0.4) is 0 Å². The number of rotatable bonds is 22. The molecule has 0 N–H and O–H groups in total. The Hall–Kier alpha value is -9.33. The fourth-order valence-corrected chi connectivity index (χ4v) is 8.33. The van der Waals surface area contributed by atoms with E-state index in [1.165, 1.54) is 138 Å². The minimum Gasteiger partial charge on any atom is -0.497 e. The van der Waals surface area contributed by atoms with Crippen molar-refractivity contribution in [3.8, 4) is 28.7 Å². The summed E-state index contributed by atoms with van der Waals surface area (Å²) in [5.41, 5.74) is -0.446. The Morgan fingerprint density at radius 3 is 1.15 bits per heavy atom. The zero-order chi connectivity index (χ0) is 58.3. The number of nitro groups is 1. The van der Waals surface area contributed by atoms with Crippen molar-refractivity contribution in [2.24, 2.45) is 0 Å². The number of esters is 7. The Balaban J connectivity index is 1.35. The Morgan fingerprint density at radius 1 is 0.407 bits per heavy atom. The molecule has 0 radical (unpaired) electrons. The molecule has 0 amide bonds. The van der Waals surface area contributed by atoms with Gasteiger partial charge in [-0.25, -0.2) is 19.2 Å². The molecule has 10 unspecified atom stereocenters. The van der Waals surface area contributed by atoms with Gasteiger partial charge in [0.2, 0.25) is 12.4 Å². The number of hydrogen-bond donors (Lipinski definition) is 0. The second-order valence-electron chi connectivity index (χ2n) is 17.6. The number of hydrogen-bond acceptors (Lipinski definition) is 24. The first-order valence-electron chi connectivity index (χ1n) is 24.6. The summed E-state index contributed by atoms with van der Waals surface area (Å²) < 4.78 is 87.7. The van der Waals surface area contributed by atoms with Gasteiger partial charge in [-0.05, 0) is 109 Å². The minimum atomic E-state index is -1.98. The monoisotopic (exact) mass is 1130 g/mol. The quantitative estimate of drug-likeness (QED) is 0.0342. The van der Waals surface area contributed by atoms with Gasteiger partial charge in [-0.15, -0.1) is 0 Å². The molecule has 2 saturated heterocycles. The molecule has 25 heteroatoms. The minimum absolute atomic E-state index is 0.0407. The van der Waals surface area contributed by atoms with Gasteiger partial charge in [0.1, 0.15) is 47.6 Å². The fraction of sp³-hybridized carbons (Fsp3) is 0.339. The van der Waals surface area contributed by atoms with E-state index in [-0.39, 0.29) is 33.7 Å². The Kier molecular flexibility index (Phi) is 20.1. The molecule has 428 valence electrons. The van der Waals surface area contributed by atoms with Gasteiger partial charge in [0.25, 0.3) is 5.69 Å². The maximum atomic E-state index is 14.5. The van der Waals surface area contributed by atoms with Crippen molar-refractivity contribution in [1.82, 2.24) is 0 Å². The van der Waals surface area contributed by atoms with E-state index >= 15 is 0 Å². The van der Waals surface area contributed by atoms with Crippen molar-refractivity contribution in [2.75, 3.05) is 41.7 Å². The molecular formula is C56H55NO24. The molecule has 0 spiro atoms. The Labute approximate surface area is 462 Å². The zero-order valence-electron chi connectivity index (χ0n) is 44.5. The lowest BCUT2D eigenvalue weighted by Gasteiger charge is -2.46. The number of carbonyl (C=O) groups is 7. The van der Waals surface area contributed by atoms with Crippen LogP contribution < -0.4 is 23.7 Å². The molecule has 7 rings (SSSR count). The number of non-ortho nitro benzene ring substituents is 1. The van der Waals surface area contributed by atoms with Gasteiger partial charge in [0, 0.05) is 32.9 Å². The van der Waals surface area contributed by atoms with Crippen molar-refractivity contribution in [1.29, 1.82) is 0 Å². The second-order valence-corrected chi connectivity index (χ2v) is 17.6. The molecule has 0 aliphatic carbocycles. The van der Waals surface area contributed by atoms with E-state index in [1.807, 2.05) is 0 Å². The lowest BCUT2D eigenvalue weighted by atomic mass is 9.96. The molecule has 5 aromatic rings. The summed E-state index contributed by atoms with van der Waals surface area (Å²) in [6, 6.07) is 27.5. The highest BCUT2D eigenvalue weighted by molar-refractivity contribution is 5.92. The van der Waals surface area contributed by atoms with Crippen LogP contribution in [-0.2, 0) is 61.8 Å². The van der Waals surface area contributed by atoms with Gasteiger partial charge in [0.05, 0.1) is 62.2 Å². The first-order valence-corrected chi connectivity index (χ1v) is 24.6. The molecule has 2 fully saturated rings. The first-order chi connectivity index (χ1) is 38.9. The Morgan fingerprint density at radius 2 is 0.728 bits per heavy atom. The third kappa shape index (κ3) is 15.5. The lowest BCUT2D eigenvalue weighted by Crippen LogP contribution is -2.65. The van der Waals surface area contributed by atoms with Crippen LogP contribution in [0.25, 0.3) is 0 Å². The van der Waals surface area contributed by atoms with E-state index in [9.17, 15) is 43.7 Å². The van der Waals surface area contributed by atoms with E-state index in [0.717, 1.165) is 32.9 Å². The second kappa shape index (κ2) is 27.5. The molecule has 0 aromatic heterocycles. The highest BCUT2D eigenvalue weighted by atomic mass is 16.8. The van der Waals surface area contributed by atoms with Crippen LogP contribution in [-0.4, -0.2) is 150 Å². The molecule has 0 bridgehead atoms. The molecule has 2 aliphatic rings. The van der Waals surface area contributed by atoms with Crippen LogP contribution in [0.2, 0.25) is 0 Å². The average molecular weight is 1130 g/mol. The number of ether oxygens (including phenoxy) is 15. The molecule has 81 heavy (non-hydrogen) atoms. The number of nitrogens with zero attached hydrogens (tertiary/aromatic N) is 1. The number of nitro benzene ring substituents is 1. The van der Waals surface area contributed by atoms with E-state index < -0.39 is 121 Å². The SMILES string of the molecule is COc1ccc(C(=O)OCC2OC(OCC3OC(Oc4ccc([N+](=O)[O-])cc4)C(OC(C)=O)C(OC(C)=O)C3OC(C)=O)C(OC(=O)c3ccc(OC)cc3)C(OC(=O)c3ccc(OC)cc3)C2OC(=O)c2ccc(OC)cc2)cc1. The van der Waals surface area contributed by atoms with Gasteiger partial charge in [-0.2, -0.15) is 0 Å². The number of benzene rings is 5. The summed E-state index contributed by atoms with van der Waals surface area (Å²) in [4.78, 5) is 106. The van der Waals surface area contributed by atoms with Crippen LogP contribution in [0, 0.1) is 10.1 Å². The summed E-state index contributed by atoms with van der Waals surface area (Å²) in [5.74, 6) is -5.42. The largest absolute Gasteiger partial charge is 0.497 e. The van der Waals surface area contributed by atoms with Crippen LogP contribution in [0.5, 0.6) is 28.7 Å². The number of carbonyl (C=O) groups excluding carboxylic acids is 7. The molecule has 25 nitrogen and oxygen atoms in total. The van der Waals surface area contributed by atoms with E-state index in [4.69, 9.17) is 71.1 Å². The van der Waals surface area contributed by atoms with Gasteiger partial charge < -0.3 is 71.1 Å².